The Hall–Kier alpha value is -2.20. The Labute approximate surface area is 141 Å². The first-order valence-electron chi connectivity index (χ1n) is 7.79. The molecule has 0 aliphatic carbocycles. The molecule has 0 bridgehead atoms. The molecule has 23 heavy (non-hydrogen) atoms. The lowest BCUT2D eigenvalue weighted by Crippen LogP contribution is -2.51. The highest BCUT2D eigenvalue weighted by atomic mass is 35.5. The second-order valence-electron chi connectivity index (χ2n) is 5.59. The van der Waals surface area contributed by atoms with Crippen molar-refractivity contribution >= 4 is 23.3 Å². The minimum atomic E-state index is -0.00679. The molecule has 4 nitrogen and oxygen atoms in total. The van der Waals surface area contributed by atoms with E-state index in [1.807, 2.05) is 47.4 Å². The number of rotatable bonds is 3. The quantitative estimate of drug-likeness (QED) is 0.937. The van der Waals surface area contributed by atoms with E-state index >= 15 is 0 Å². The summed E-state index contributed by atoms with van der Waals surface area (Å²) in [6.07, 6.45) is 0. The van der Waals surface area contributed by atoms with E-state index in [1.165, 1.54) is 5.69 Å². The molecule has 5 heteroatoms. The van der Waals surface area contributed by atoms with Crippen molar-refractivity contribution in [3.8, 4) is 0 Å². The lowest BCUT2D eigenvalue weighted by Gasteiger charge is -2.36. The van der Waals surface area contributed by atoms with Gasteiger partial charge in [0.25, 0.3) is 0 Å². The molecule has 3 rings (SSSR count). The molecular weight excluding hydrogens is 310 g/mol. The van der Waals surface area contributed by atoms with Gasteiger partial charge in [-0.25, -0.2) is 4.79 Å². The number of nitrogens with one attached hydrogen (secondary N) is 1. The number of hydrogen-bond donors (Lipinski definition) is 1. The van der Waals surface area contributed by atoms with Gasteiger partial charge in [-0.2, -0.15) is 0 Å². The average molecular weight is 330 g/mol. The topological polar surface area (TPSA) is 35.6 Å². The van der Waals surface area contributed by atoms with Crippen LogP contribution in [0.4, 0.5) is 10.5 Å². The summed E-state index contributed by atoms with van der Waals surface area (Å²) in [6.45, 7) is 3.72. The summed E-state index contributed by atoms with van der Waals surface area (Å²) in [5.41, 5.74) is 2.26. The van der Waals surface area contributed by atoms with E-state index in [2.05, 4.69) is 22.3 Å². The van der Waals surface area contributed by atoms with E-state index < -0.39 is 0 Å². The zero-order valence-corrected chi connectivity index (χ0v) is 13.7. The fraction of sp³-hybridized carbons (Fsp3) is 0.278. The number of urea groups is 1. The second kappa shape index (κ2) is 7.38. The number of hydrogen-bond acceptors (Lipinski definition) is 2. The fourth-order valence-corrected chi connectivity index (χ4v) is 2.82. The van der Waals surface area contributed by atoms with Crippen LogP contribution in [0, 0.1) is 0 Å². The third-order valence-corrected chi connectivity index (χ3v) is 4.30. The van der Waals surface area contributed by atoms with Crippen LogP contribution in [-0.2, 0) is 6.54 Å². The molecule has 1 heterocycles. The van der Waals surface area contributed by atoms with Crippen LogP contribution in [0.25, 0.3) is 0 Å². The van der Waals surface area contributed by atoms with Gasteiger partial charge in [-0.1, -0.05) is 41.9 Å². The zero-order chi connectivity index (χ0) is 16.1. The largest absolute Gasteiger partial charge is 0.368 e. The van der Waals surface area contributed by atoms with Gasteiger partial charge in [-0.05, 0) is 29.8 Å². The van der Waals surface area contributed by atoms with Gasteiger partial charge in [0.1, 0.15) is 0 Å². The summed E-state index contributed by atoms with van der Waals surface area (Å²) in [5, 5.41) is 3.67. The zero-order valence-electron chi connectivity index (χ0n) is 12.9. The molecular formula is C18H20ClN3O. The van der Waals surface area contributed by atoms with Crippen molar-refractivity contribution in [2.45, 2.75) is 6.54 Å². The summed E-state index contributed by atoms with van der Waals surface area (Å²) in [6, 6.07) is 17.8. The minimum absolute atomic E-state index is 0.00679. The Morgan fingerprint density at radius 2 is 1.61 bits per heavy atom. The molecule has 0 atom stereocenters. The number of amides is 2. The first kappa shape index (κ1) is 15.7. The van der Waals surface area contributed by atoms with Gasteiger partial charge >= 0.3 is 6.03 Å². The van der Waals surface area contributed by atoms with E-state index in [4.69, 9.17) is 11.6 Å². The van der Waals surface area contributed by atoms with Crippen LogP contribution >= 0.6 is 11.6 Å². The van der Waals surface area contributed by atoms with Gasteiger partial charge in [0.2, 0.25) is 0 Å². The van der Waals surface area contributed by atoms with Gasteiger partial charge in [-0.15, -0.1) is 0 Å². The van der Waals surface area contributed by atoms with E-state index in [0.717, 1.165) is 31.7 Å². The van der Waals surface area contributed by atoms with E-state index in [1.54, 1.807) is 0 Å². The smallest absolute Gasteiger partial charge is 0.317 e. The molecule has 1 aliphatic heterocycles. The van der Waals surface area contributed by atoms with Gasteiger partial charge in [-0.3, -0.25) is 0 Å². The molecule has 0 saturated carbocycles. The molecule has 1 fully saturated rings. The van der Waals surface area contributed by atoms with Gasteiger partial charge in [0.05, 0.1) is 0 Å². The maximum Gasteiger partial charge on any atom is 0.317 e. The summed E-state index contributed by atoms with van der Waals surface area (Å²) in [5.74, 6) is 0. The lowest BCUT2D eigenvalue weighted by molar-refractivity contribution is 0.194. The third-order valence-electron chi connectivity index (χ3n) is 4.05. The predicted molar refractivity (Wildman–Crippen MR) is 93.9 cm³/mol. The van der Waals surface area contributed by atoms with Crippen LogP contribution in [0.15, 0.2) is 54.6 Å². The summed E-state index contributed by atoms with van der Waals surface area (Å²) >= 11 is 5.86. The van der Waals surface area contributed by atoms with Gasteiger partial charge in [0, 0.05) is 43.4 Å². The van der Waals surface area contributed by atoms with Gasteiger partial charge < -0.3 is 15.1 Å². The highest BCUT2D eigenvalue weighted by Gasteiger charge is 2.20. The van der Waals surface area contributed by atoms with Crippen molar-refractivity contribution in [1.82, 2.24) is 10.2 Å². The Bertz CT molecular complexity index is 637. The number of piperazine rings is 1. The number of para-hydroxylation sites is 1. The summed E-state index contributed by atoms with van der Waals surface area (Å²) in [4.78, 5) is 16.4. The number of carbonyl (C=O) groups excluding carboxylic acids is 1. The molecule has 120 valence electrons. The molecule has 2 aromatic rings. The van der Waals surface area contributed by atoms with Crippen molar-refractivity contribution in [3.63, 3.8) is 0 Å². The number of anilines is 1. The maximum absolute atomic E-state index is 12.3. The molecule has 0 radical (unpaired) electrons. The van der Waals surface area contributed by atoms with Crippen molar-refractivity contribution in [1.29, 1.82) is 0 Å². The normalized spacial score (nSPS) is 14.7. The van der Waals surface area contributed by atoms with Crippen LogP contribution in [0.2, 0.25) is 5.02 Å². The standard InChI is InChI=1S/C18H20ClN3O/c19-16-8-6-15(7-9-16)14-20-18(23)22-12-10-21(11-13-22)17-4-2-1-3-5-17/h1-9H,10-14H2,(H,20,23). The first-order valence-corrected chi connectivity index (χ1v) is 8.17. The average Bonchev–Trinajstić information content (AvgIpc) is 2.62. The first-order chi connectivity index (χ1) is 11.2. The number of carbonyl (C=O) groups is 1. The molecule has 2 aromatic carbocycles. The molecule has 1 aliphatic rings. The van der Waals surface area contributed by atoms with Crippen molar-refractivity contribution in [3.05, 3.63) is 65.2 Å². The predicted octanol–water partition coefficient (Wildman–Crippen LogP) is 3.37. The maximum atomic E-state index is 12.3. The van der Waals surface area contributed by atoms with Crippen molar-refractivity contribution in [2.75, 3.05) is 31.1 Å². The monoisotopic (exact) mass is 329 g/mol. The minimum Gasteiger partial charge on any atom is -0.368 e. The Balaban J connectivity index is 1.47. The van der Waals surface area contributed by atoms with Crippen LogP contribution in [0.5, 0.6) is 0 Å². The highest BCUT2D eigenvalue weighted by molar-refractivity contribution is 6.30. The molecule has 0 aromatic heterocycles. The fourth-order valence-electron chi connectivity index (χ4n) is 2.70. The molecule has 0 unspecified atom stereocenters. The molecule has 2 amide bonds. The van der Waals surface area contributed by atoms with E-state index in [-0.39, 0.29) is 6.03 Å². The number of halogens is 1. The van der Waals surface area contributed by atoms with Crippen molar-refractivity contribution < 1.29 is 4.79 Å². The molecule has 1 N–H and O–H groups in total. The van der Waals surface area contributed by atoms with Gasteiger partial charge in [0.15, 0.2) is 0 Å². The Morgan fingerprint density at radius 1 is 0.957 bits per heavy atom. The third kappa shape index (κ3) is 4.17. The Kier molecular flexibility index (Phi) is 5.03. The SMILES string of the molecule is O=C(NCc1ccc(Cl)cc1)N1CCN(c2ccccc2)CC1. The lowest BCUT2D eigenvalue weighted by atomic mass is 10.2. The molecule has 1 saturated heterocycles. The number of benzene rings is 2. The molecule has 0 spiro atoms. The van der Waals surface area contributed by atoms with E-state index in [0.29, 0.717) is 11.6 Å². The second-order valence-corrected chi connectivity index (χ2v) is 6.03. The van der Waals surface area contributed by atoms with Crippen molar-refractivity contribution in [2.24, 2.45) is 0 Å². The summed E-state index contributed by atoms with van der Waals surface area (Å²) in [7, 11) is 0. The Morgan fingerprint density at radius 3 is 2.26 bits per heavy atom. The van der Waals surface area contributed by atoms with E-state index in [9.17, 15) is 4.79 Å². The highest BCUT2D eigenvalue weighted by Crippen LogP contribution is 2.15. The van der Waals surface area contributed by atoms with Crippen LogP contribution in [0.1, 0.15) is 5.56 Å². The van der Waals surface area contributed by atoms with Crippen LogP contribution in [-0.4, -0.2) is 37.1 Å². The van der Waals surface area contributed by atoms with Crippen LogP contribution in [0.3, 0.4) is 0 Å². The summed E-state index contributed by atoms with van der Waals surface area (Å²) < 4.78 is 0. The van der Waals surface area contributed by atoms with Crippen LogP contribution < -0.4 is 10.2 Å². The number of nitrogens with zero attached hydrogens (tertiary/aromatic N) is 2.